The lowest BCUT2D eigenvalue weighted by Gasteiger charge is -2.51. The average molecular weight is 758 g/mol. The van der Waals surface area contributed by atoms with Crippen molar-refractivity contribution in [3.8, 4) is 0 Å². The lowest BCUT2D eigenvalue weighted by Crippen LogP contribution is -2.61. The Labute approximate surface area is 312 Å². The van der Waals surface area contributed by atoms with Crippen LogP contribution < -0.4 is 10.6 Å². The number of aliphatic hydroxyl groups excluding tert-OH is 1. The van der Waals surface area contributed by atoms with E-state index < -0.39 is 53.0 Å². The van der Waals surface area contributed by atoms with Crippen molar-refractivity contribution in [2.45, 2.75) is 115 Å². The van der Waals surface area contributed by atoms with E-state index in [0.29, 0.717) is 23.6 Å². The van der Waals surface area contributed by atoms with Gasteiger partial charge in [-0.15, -0.1) is 0 Å². The number of benzene rings is 3. The van der Waals surface area contributed by atoms with E-state index in [9.17, 15) is 36.6 Å². The second kappa shape index (κ2) is 16.4. The molecule has 292 valence electrons. The van der Waals surface area contributed by atoms with E-state index in [1.165, 1.54) is 6.42 Å². The molecule has 2 saturated heterocycles. The Morgan fingerprint density at radius 3 is 2.02 bits per heavy atom. The zero-order valence-electron chi connectivity index (χ0n) is 30.9. The van der Waals surface area contributed by atoms with E-state index in [1.807, 2.05) is 45.0 Å². The molecule has 3 aromatic rings. The molecular weight excluding hydrogens is 709 g/mol. The Morgan fingerprint density at radius 1 is 0.796 bits per heavy atom. The van der Waals surface area contributed by atoms with Crippen LogP contribution in [0.1, 0.15) is 111 Å². The Morgan fingerprint density at radius 2 is 1.39 bits per heavy atom. The molecule has 3 aliphatic rings. The van der Waals surface area contributed by atoms with Crippen molar-refractivity contribution in [2.24, 2.45) is 11.8 Å². The summed E-state index contributed by atoms with van der Waals surface area (Å²) in [5.74, 6) is -12.2. The molecule has 0 unspecified atom stereocenters. The number of nitrogens with zero attached hydrogens (tertiary/aromatic N) is 1. The number of hydrogen-bond donors (Lipinski definition) is 3. The molecule has 2 aliphatic heterocycles. The van der Waals surface area contributed by atoms with Crippen molar-refractivity contribution in [1.82, 2.24) is 15.5 Å². The van der Waals surface area contributed by atoms with Crippen LogP contribution in [0.5, 0.6) is 0 Å². The van der Waals surface area contributed by atoms with Gasteiger partial charge in [0.25, 0.3) is 5.91 Å². The van der Waals surface area contributed by atoms with E-state index in [2.05, 4.69) is 22.5 Å². The number of carbonyl (C=O) groups excluding carboxylic acids is 2. The van der Waals surface area contributed by atoms with Crippen LogP contribution in [-0.2, 0) is 27.4 Å². The summed E-state index contributed by atoms with van der Waals surface area (Å²) in [6.07, 6.45) is 4.61. The number of carbonyl (C=O) groups is 2. The molecular formula is C41H48F5N3O5. The van der Waals surface area contributed by atoms with Gasteiger partial charge in [0.1, 0.15) is 5.56 Å². The van der Waals surface area contributed by atoms with Gasteiger partial charge in [-0.1, -0.05) is 68.3 Å². The molecule has 0 radical (unpaired) electrons. The minimum Gasteiger partial charge on any atom is -0.392 e. The highest BCUT2D eigenvalue weighted by Crippen LogP contribution is 2.44. The van der Waals surface area contributed by atoms with Crippen LogP contribution in [-0.4, -0.2) is 52.1 Å². The molecule has 8 nitrogen and oxygen atoms in total. The van der Waals surface area contributed by atoms with Gasteiger partial charge in [0.2, 0.25) is 11.7 Å². The second-order valence-corrected chi connectivity index (χ2v) is 15.8. The van der Waals surface area contributed by atoms with Crippen LogP contribution >= 0.6 is 0 Å². The van der Waals surface area contributed by atoms with Crippen LogP contribution in [0.15, 0.2) is 48.5 Å². The van der Waals surface area contributed by atoms with Gasteiger partial charge in [-0.2, -0.15) is 0 Å². The average Bonchev–Trinajstić information content (AvgIpc) is 3.16. The third-order valence-corrected chi connectivity index (χ3v) is 11.0. The molecule has 13 heteroatoms. The van der Waals surface area contributed by atoms with Crippen molar-refractivity contribution in [3.05, 3.63) is 105 Å². The van der Waals surface area contributed by atoms with Crippen LogP contribution in [0.2, 0.25) is 0 Å². The second-order valence-electron chi connectivity index (χ2n) is 15.8. The number of aliphatic hydroxyl groups is 1. The molecule has 7 atom stereocenters. The normalized spacial score (nSPS) is 26.2. The molecule has 6 rings (SSSR count). The van der Waals surface area contributed by atoms with E-state index in [1.54, 1.807) is 24.3 Å². The number of likely N-dealkylation sites (tertiary alicyclic amines) is 1. The minimum absolute atomic E-state index is 0.0155. The number of ether oxygens (including phenoxy) is 2. The highest BCUT2D eigenvalue weighted by atomic mass is 19.2. The van der Waals surface area contributed by atoms with Crippen molar-refractivity contribution in [3.63, 3.8) is 0 Å². The van der Waals surface area contributed by atoms with Gasteiger partial charge in [-0.25, -0.2) is 22.0 Å². The van der Waals surface area contributed by atoms with Crippen LogP contribution in [0.3, 0.4) is 0 Å². The third-order valence-electron chi connectivity index (χ3n) is 11.0. The first-order chi connectivity index (χ1) is 25.7. The topological polar surface area (TPSA) is 100 Å². The van der Waals surface area contributed by atoms with Crippen molar-refractivity contribution < 1.29 is 46.1 Å². The molecule has 3 aromatic carbocycles. The van der Waals surface area contributed by atoms with E-state index >= 15 is 0 Å². The summed E-state index contributed by atoms with van der Waals surface area (Å²) in [5.41, 5.74) is 0.855. The Hall–Kier alpha value is -3.91. The summed E-state index contributed by atoms with van der Waals surface area (Å²) in [4.78, 5) is 28.7. The Kier molecular flexibility index (Phi) is 12.1. The smallest absolute Gasteiger partial charge is 0.257 e. The lowest BCUT2D eigenvalue weighted by molar-refractivity contribution is -0.278. The van der Waals surface area contributed by atoms with Crippen molar-refractivity contribution in [2.75, 3.05) is 6.54 Å². The van der Waals surface area contributed by atoms with Gasteiger partial charge in [-0.3, -0.25) is 14.5 Å². The van der Waals surface area contributed by atoms with Gasteiger partial charge in [0.05, 0.1) is 24.9 Å². The zero-order chi connectivity index (χ0) is 38.9. The zero-order valence-corrected chi connectivity index (χ0v) is 30.9. The summed E-state index contributed by atoms with van der Waals surface area (Å²) in [5, 5.41) is 15.1. The van der Waals surface area contributed by atoms with Gasteiger partial charge < -0.3 is 25.2 Å². The molecule has 1 saturated carbocycles. The largest absolute Gasteiger partial charge is 0.392 e. The number of hydrogen-bond acceptors (Lipinski definition) is 6. The monoisotopic (exact) mass is 757 g/mol. The lowest BCUT2D eigenvalue weighted by atomic mass is 9.75. The predicted octanol–water partition coefficient (Wildman–Crippen LogP) is 7.53. The fourth-order valence-corrected chi connectivity index (χ4v) is 8.13. The molecule has 54 heavy (non-hydrogen) atoms. The summed E-state index contributed by atoms with van der Waals surface area (Å²) in [7, 11) is 0. The Balaban J connectivity index is 1.24. The highest BCUT2D eigenvalue weighted by molar-refractivity contribution is 5.94. The highest BCUT2D eigenvalue weighted by Gasteiger charge is 2.46. The molecule has 0 aromatic heterocycles. The van der Waals surface area contributed by atoms with E-state index in [4.69, 9.17) is 9.47 Å². The molecule has 0 bridgehead atoms. The maximum absolute atomic E-state index is 14.2. The van der Waals surface area contributed by atoms with E-state index in [0.717, 1.165) is 43.2 Å². The number of piperidine rings is 1. The van der Waals surface area contributed by atoms with Crippen molar-refractivity contribution >= 4 is 11.8 Å². The van der Waals surface area contributed by atoms with Crippen LogP contribution in [0.25, 0.3) is 0 Å². The fourth-order valence-electron chi connectivity index (χ4n) is 8.13. The number of fused-ring (bicyclic) bond motifs is 1. The van der Waals surface area contributed by atoms with Gasteiger partial charge in [0.15, 0.2) is 29.6 Å². The molecule has 1 aliphatic carbocycles. The summed E-state index contributed by atoms with van der Waals surface area (Å²) in [6, 6.07) is 14.2. The Bertz CT molecular complexity index is 1790. The van der Waals surface area contributed by atoms with Gasteiger partial charge in [0, 0.05) is 36.2 Å². The van der Waals surface area contributed by atoms with Crippen LogP contribution in [0.4, 0.5) is 22.0 Å². The van der Waals surface area contributed by atoms with Crippen molar-refractivity contribution in [1.29, 1.82) is 0 Å². The fraction of sp³-hybridized carbons (Fsp3) is 0.512. The number of amides is 2. The number of rotatable bonds is 9. The van der Waals surface area contributed by atoms with Gasteiger partial charge >= 0.3 is 0 Å². The molecule has 0 spiro atoms. The maximum Gasteiger partial charge on any atom is 0.257 e. The SMILES string of the molecule is C[C@@H]1[C@H](CN2[C@@H](C(=O)NC(C)(C)C)CC[C@H]3CCCC[C@H]32)O[C@H](c2ccc(CNC(=O)c3c(F)c(F)c(F)c(F)c3F)cc2)O[C@@H]1c1ccc(CO)cc1. The molecule has 2 amide bonds. The summed E-state index contributed by atoms with van der Waals surface area (Å²) in [6.45, 7) is 8.17. The first-order valence-corrected chi connectivity index (χ1v) is 18.6. The third kappa shape index (κ3) is 8.49. The molecule has 2 heterocycles. The van der Waals surface area contributed by atoms with Gasteiger partial charge in [-0.05, 0) is 69.1 Å². The maximum atomic E-state index is 14.2. The standard InChI is InChI=1S/C41H48F5N3O5/c1-22-30(20-49-28-8-6-5-7-25(28)17-18-29(49)38(51)48-41(2,3)4)53-40(54-37(22)26-13-11-24(21-50)12-14-26)27-15-9-23(10-16-27)19-47-39(52)31-32(42)34(44)36(46)35(45)33(31)43/h9-16,22,25,28-30,37,40,50H,5-8,17-21H2,1-4H3,(H,47,52)(H,48,51)/t22-,25-,28-,29-,30+,37+,40+/m1/s1. The minimum atomic E-state index is -2.34. The molecule has 3 N–H and O–H groups in total. The summed E-state index contributed by atoms with van der Waals surface area (Å²) < 4.78 is 82.7. The number of nitrogens with one attached hydrogen (secondary N) is 2. The quantitative estimate of drug-likeness (QED) is 0.119. The first-order valence-electron chi connectivity index (χ1n) is 18.6. The number of halogens is 5. The first kappa shape index (κ1) is 39.8. The predicted molar refractivity (Wildman–Crippen MR) is 190 cm³/mol. The summed E-state index contributed by atoms with van der Waals surface area (Å²) >= 11 is 0. The van der Waals surface area contributed by atoms with Crippen LogP contribution in [0, 0.1) is 40.9 Å². The van der Waals surface area contributed by atoms with E-state index in [-0.39, 0.29) is 48.7 Å². The molecule has 3 fully saturated rings.